The normalized spacial score (nSPS) is 10.6. The summed E-state index contributed by atoms with van der Waals surface area (Å²) in [5.41, 5.74) is 4.79. The number of esters is 1. The molecule has 0 radical (unpaired) electrons. The summed E-state index contributed by atoms with van der Waals surface area (Å²) in [4.78, 5) is 12.2. The second-order valence-electron chi connectivity index (χ2n) is 5.70. The van der Waals surface area contributed by atoms with Gasteiger partial charge in [0.1, 0.15) is 6.61 Å². The first-order valence-corrected chi connectivity index (χ1v) is 8.09. The van der Waals surface area contributed by atoms with Crippen molar-refractivity contribution < 1.29 is 9.53 Å². The molecule has 24 heavy (non-hydrogen) atoms. The van der Waals surface area contributed by atoms with Crippen LogP contribution in [0.25, 0.3) is 5.69 Å². The van der Waals surface area contributed by atoms with Gasteiger partial charge in [0.25, 0.3) is 0 Å². The van der Waals surface area contributed by atoms with Gasteiger partial charge in [0.15, 0.2) is 0 Å². The van der Waals surface area contributed by atoms with E-state index in [2.05, 4.69) is 30.5 Å². The van der Waals surface area contributed by atoms with Gasteiger partial charge in [0.2, 0.25) is 0 Å². The molecular weight excluding hydrogens is 322 g/mol. The van der Waals surface area contributed by atoms with Crippen molar-refractivity contribution in [2.24, 2.45) is 0 Å². The Hall–Kier alpha value is -2.52. The third kappa shape index (κ3) is 3.52. The van der Waals surface area contributed by atoms with Crippen LogP contribution < -0.4 is 0 Å². The smallest absolute Gasteiger partial charge is 0.338 e. The molecule has 1 aromatic heterocycles. The first-order valence-electron chi connectivity index (χ1n) is 7.71. The first-order chi connectivity index (χ1) is 11.5. The number of aromatic nitrogens is 1. The van der Waals surface area contributed by atoms with Gasteiger partial charge in [0, 0.05) is 22.1 Å². The summed E-state index contributed by atoms with van der Waals surface area (Å²) < 4.78 is 7.48. The fourth-order valence-corrected chi connectivity index (χ4v) is 2.76. The minimum Gasteiger partial charge on any atom is -0.457 e. The quantitative estimate of drug-likeness (QED) is 0.619. The number of rotatable bonds is 4. The zero-order valence-electron chi connectivity index (χ0n) is 13.6. The van der Waals surface area contributed by atoms with Gasteiger partial charge in [-0.05, 0) is 67.9 Å². The zero-order chi connectivity index (χ0) is 17.1. The van der Waals surface area contributed by atoms with Crippen LogP contribution in [0.5, 0.6) is 0 Å². The maximum absolute atomic E-state index is 12.2. The fourth-order valence-electron chi connectivity index (χ4n) is 2.64. The van der Waals surface area contributed by atoms with Crippen LogP contribution in [0, 0.1) is 13.8 Å². The molecule has 0 amide bonds. The standard InChI is InChI=1S/C20H18ClNO2/c1-14-3-4-15(2)22(14)19-11-7-17(8-12-19)20(23)24-13-16-5-9-18(21)10-6-16/h3-12H,13H2,1-2H3. The lowest BCUT2D eigenvalue weighted by molar-refractivity contribution is 0.0473. The molecular formula is C20H18ClNO2. The van der Waals surface area contributed by atoms with Crippen LogP contribution in [-0.2, 0) is 11.3 Å². The number of carbonyl (C=O) groups is 1. The number of carbonyl (C=O) groups excluding carboxylic acids is 1. The van der Waals surface area contributed by atoms with Crippen molar-refractivity contribution in [1.29, 1.82) is 0 Å². The summed E-state index contributed by atoms with van der Waals surface area (Å²) in [6.45, 7) is 4.34. The van der Waals surface area contributed by atoms with E-state index in [0.29, 0.717) is 10.6 Å². The number of hydrogen-bond acceptors (Lipinski definition) is 2. The predicted octanol–water partition coefficient (Wildman–Crippen LogP) is 5.10. The molecule has 1 heterocycles. The molecule has 0 fully saturated rings. The maximum Gasteiger partial charge on any atom is 0.338 e. The number of ether oxygens (including phenoxy) is 1. The lowest BCUT2D eigenvalue weighted by Gasteiger charge is -2.10. The summed E-state index contributed by atoms with van der Waals surface area (Å²) in [6, 6.07) is 18.8. The molecule has 0 aliphatic rings. The van der Waals surface area contributed by atoms with E-state index in [1.807, 2.05) is 24.3 Å². The Morgan fingerprint density at radius 1 is 0.917 bits per heavy atom. The van der Waals surface area contributed by atoms with Gasteiger partial charge in [-0.2, -0.15) is 0 Å². The summed E-state index contributed by atoms with van der Waals surface area (Å²) in [5, 5.41) is 0.663. The van der Waals surface area contributed by atoms with Crippen molar-refractivity contribution >= 4 is 17.6 Å². The average Bonchev–Trinajstić information content (AvgIpc) is 2.93. The molecule has 0 saturated carbocycles. The molecule has 2 aromatic carbocycles. The lowest BCUT2D eigenvalue weighted by atomic mass is 10.2. The highest BCUT2D eigenvalue weighted by molar-refractivity contribution is 6.30. The van der Waals surface area contributed by atoms with Crippen molar-refractivity contribution in [3.63, 3.8) is 0 Å². The first kappa shape index (κ1) is 16.3. The Morgan fingerprint density at radius 2 is 1.50 bits per heavy atom. The van der Waals surface area contributed by atoms with Crippen molar-refractivity contribution in [2.75, 3.05) is 0 Å². The van der Waals surface area contributed by atoms with Crippen LogP contribution in [0.1, 0.15) is 27.3 Å². The van der Waals surface area contributed by atoms with Gasteiger partial charge in [-0.3, -0.25) is 0 Å². The van der Waals surface area contributed by atoms with E-state index < -0.39 is 0 Å². The molecule has 0 N–H and O–H groups in total. The number of benzene rings is 2. The fraction of sp³-hybridized carbons (Fsp3) is 0.150. The van der Waals surface area contributed by atoms with Gasteiger partial charge in [0.05, 0.1) is 5.56 Å². The number of nitrogens with zero attached hydrogens (tertiary/aromatic N) is 1. The van der Waals surface area contributed by atoms with Crippen LogP contribution >= 0.6 is 11.6 Å². The Balaban J connectivity index is 1.69. The highest BCUT2D eigenvalue weighted by atomic mass is 35.5. The second-order valence-corrected chi connectivity index (χ2v) is 6.14. The summed E-state index contributed by atoms with van der Waals surface area (Å²) in [6.07, 6.45) is 0. The molecule has 3 nitrogen and oxygen atoms in total. The predicted molar refractivity (Wildman–Crippen MR) is 95.8 cm³/mol. The highest BCUT2D eigenvalue weighted by Gasteiger charge is 2.09. The van der Waals surface area contributed by atoms with Crippen LogP contribution in [0.2, 0.25) is 5.02 Å². The molecule has 0 spiro atoms. The maximum atomic E-state index is 12.2. The molecule has 0 aliphatic heterocycles. The number of hydrogen-bond donors (Lipinski definition) is 0. The van der Waals surface area contributed by atoms with Crippen molar-refractivity contribution in [2.45, 2.75) is 20.5 Å². The molecule has 0 bridgehead atoms. The largest absolute Gasteiger partial charge is 0.457 e. The molecule has 0 saturated heterocycles. The van der Waals surface area contributed by atoms with E-state index in [4.69, 9.17) is 16.3 Å². The van der Waals surface area contributed by atoms with Gasteiger partial charge in [-0.15, -0.1) is 0 Å². The van der Waals surface area contributed by atoms with Crippen LogP contribution in [-0.4, -0.2) is 10.5 Å². The molecule has 0 unspecified atom stereocenters. The van der Waals surface area contributed by atoms with E-state index in [9.17, 15) is 4.79 Å². The SMILES string of the molecule is Cc1ccc(C)n1-c1ccc(C(=O)OCc2ccc(Cl)cc2)cc1. The zero-order valence-corrected chi connectivity index (χ0v) is 14.4. The molecule has 122 valence electrons. The van der Waals surface area contributed by atoms with Gasteiger partial charge in [-0.25, -0.2) is 4.79 Å². The number of halogens is 1. The van der Waals surface area contributed by atoms with E-state index in [1.165, 1.54) is 0 Å². The topological polar surface area (TPSA) is 31.2 Å². The molecule has 0 atom stereocenters. The van der Waals surface area contributed by atoms with Crippen LogP contribution in [0.3, 0.4) is 0 Å². The summed E-state index contributed by atoms with van der Waals surface area (Å²) in [7, 11) is 0. The van der Waals surface area contributed by atoms with Crippen molar-refractivity contribution in [1.82, 2.24) is 4.57 Å². The molecule has 3 aromatic rings. The highest BCUT2D eigenvalue weighted by Crippen LogP contribution is 2.17. The minimum absolute atomic E-state index is 0.230. The van der Waals surface area contributed by atoms with Gasteiger partial charge in [-0.1, -0.05) is 23.7 Å². The van der Waals surface area contributed by atoms with E-state index >= 15 is 0 Å². The van der Waals surface area contributed by atoms with Crippen LogP contribution in [0.4, 0.5) is 0 Å². The Labute approximate surface area is 146 Å². The Bertz CT molecular complexity index is 829. The molecule has 0 aliphatic carbocycles. The molecule has 4 heteroatoms. The van der Waals surface area contributed by atoms with Crippen molar-refractivity contribution in [3.8, 4) is 5.69 Å². The third-order valence-electron chi connectivity index (χ3n) is 3.92. The number of aryl methyl sites for hydroxylation is 2. The Kier molecular flexibility index (Phi) is 4.72. The van der Waals surface area contributed by atoms with Crippen LogP contribution in [0.15, 0.2) is 60.7 Å². The van der Waals surface area contributed by atoms with Gasteiger partial charge < -0.3 is 9.30 Å². The lowest BCUT2D eigenvalue weighted by Crippen LogP contribution is -2.06. The Morgan fingerprint density at radius 3 is 2.08 bits per heavy atom. The van der Waals surface area contributed by atoms with E-state index in [1.54, 1.807) is 24.3 Å². The monoisotopic (exact) mass is 339 g/mol. The summed E-state index contributed by atoms with van der Waals surface area (Å²) >= 11 is 5.84. The molecule has 3 rings (SSSR count). The van der Waals surface area contributed by atoms with Gasteiger partial charge >= 0.3 is 5.97 Å². The van der Waals surface area contributed by atoms with Crippen molar-refractivity contribution in [3.05, 3.63) is 88.2 Å². The summed E-state index contributed by atoms with van der Waals surface area (Å²) in [5.74, 6) is -0.336. The average molecular weight is 340 g/mol. The van der Waals surface area contributed by atoms with E-state index in [-0.39, 0.29) is 12.6 Å². The second kappa shape index (κ2) is 6.93. The minimum atomic E-state index is -0.336. The van der Waals surface area contributed by atoms with E-state index in [0.717, 1.165) is 22.6 Å². The third-order valence-corrected chi connectivity index (χ3v) is 4.17.